The van der Waals surface area contributed by atoms with Crippen LogP contribution in [0.5, 0.6) is 0 Å². The van der Waals surface area contributed by atoms with E-state index in [2.05, 4.69) is 20.3 Å². The van der Waals surface area contributed by atoms with Crippen LogP contribution in [0.1, 0.15) is 11.1 Å². The van der Waals surface area contributed by atoms with Gasteiger partial charge in [0, 0.05) is 26.2 Å². The predicted octanol–water partition coefficient (Wildman–Crippen LogP) is 2.48. The molecule has 5 rings (SSSR count). The maximum absolute atomic E-state index is 13.3. The second-order valence-electron chi connectivity index (χ2n) is 7.98. The van der Waals surface area contributed by atoms with Gasteiger partial charge in [0.1, 0.15) is 12.1 Å². The van der Waals surface area contributed by atoms with Crippen molar-refractivity contribution in [2.45, 2.75) is 18.7 Å². The van der Waals surface area contributed by atoms with Gasteiger partial charge < -0.3 is 4.90 Å². The standard InChI is InChI=1S/C22H22FN7O2S/c1-15-3-8-19(13-16(15)2)33(31,32)29-11-9-28(10-12-29)21-20-22(25-14-24-21)30(27-26-20)18-6-4-17(23)5-7-18/h3-8,13-14H,9-12H2,1-2H3. The van der Waals surface area contributed by atoms with E-state index in [4.69, 9.17) is 0 Å². The van der Waals surface area contributed by atoms with E-state index in [1.54, 1.807) is 24.3 Å². The molecule has 0 spiro atoms. The van der Waals surface area contributed by atoms with Gasteiger partial charge >= 0.3 is 0 Å². The van der Waals surface area contributed by atoms with Crippen LogP contribution in [0.25, 0.3) is 16.9 Å². The molecule has 0 aliphatic carbocycles. The first-order chi connectivity index (χ1) is 15.8. The quantitative estimate of drug-likeness (QED) is 0.455. The second-order valence-corrected chi connectivity index (χ2v) is 9.92. The SMILES string of the molecule is Cc1ccc(S(=O)(=O)N2CCN(c3ncnc4c3nnn4-c3ccc(F)cc3)CC2)cc1C. The van der Waals surface area contributed by atoms with Gasteiger partial charge in [-0.2, -0.15) is 8.99 Å². The van der Waals surface area contributed by atoms with E-state index in [1.807, 2.05) is 24.8 Å². The molecule has 170 valence electrons. The zero-order valence-electron chi connectivity index (χ0n) is 18.2. The average molecular weight is 468 g/mol. The number of nitrogens with zero attached hydrogens (tertiary/aromatic N) is 7. The minimum Gasteiger partial charge on any atom is -0.352 e. The molecule has 0 bridgehead atoms. The monoisotopic (exact) mass is 467 g/mol. The number of benzene rings is 2. The maximum Gasteiger partial charge on any atom is 0.243 e. The van der Waals surface area contributed by atoms with Gasteiger partial charge in [-0.25, -0.2) is 22.8 Å². The summed E-state index contributed by atoms with van der Waals surface area (Å²) >= 11 is 0. The number of aromatic nitrogens is 5. The van der Waals surface area contributed by atoms with E-state index in [0.717, 1.165) is 11.1 Å². The van der Waals surface area contributed by atoms with Crippen molar-refractivity contribution in [2.75, 3.05) is 31.1 Å². The van der Waals surface area contributed by atoms with Crippen LogP contribution in [0.3, 0.4) is 0 Å². The van der Waals surface area contributed by atoms with E-state index in [-0.39, 0.29) is 5.82 Å². The van der Waals surface area contributed by atoms with Gasteiger partial charge in [0.05, 0.1) is 10.6 Å². The first kappa shape index (κ1) is 21.4. The average Bonchev–Trinajstić information content (AvgIpc) is 3.26. The first-order valence-electron chi connectivity index (χ1n) is 10.5. The number of rotatable bonds is 4. The Morgan fingerprint density at radius 3 is 2.33 bits per heavy atom. The Morgan fingerprint density at radius 2 is 1.64 bits per heavy atom. The molecule has 1 aliphatic rings. The summed E-state index contributed by atoms with van der Waals surface area (Å²) in [5, 5.41) is 8.42. The molecule has 2 aromatic carbocycles. The highest BCUT2D eigenvalue weighted by atomic mass is 32.2. The van der Waals surface area contributed by atoms with Crippen LogP contribution >= 0.6 is 0 Å². The van der Waals surface area contributed by atoms with Crippen LogP contribution in [-0.4, -0.2) is 63.9 Å². The molecule has 9 nitrogen and oxygen atoms in total. The summed E-state index contributed by atoms with van der Waals surface area (Å²) < 4.78 is 42.6. The topological polar surface area (TPSA) is 97.1 Å². The third kappa shape index (κ3) is 3.83. The molecule has 0 N–H and O–H groups in total. The molecular weight excluding hydrogens is 445 g/mol. The van der Waals surface area contributed by atoms with Crippen molar-refractivity contribution in [1.82, 2.24) is 29.3 Å². The summed E-state index contributed by atoms with van der Waals surface area (Å²) in [6.07, 6.45) is 1.43. The van der Waals surface area contributed by atoms with Crippen molar-refractivity contribution >= 4 is 27.0 Å². The van der Waals surface area contributed by atoms with Crippen molar-refractivity contribution in [1.29, 1.82) is 0 Å². The molecule has 11 heteroatoms. The number of fused-ring (bicyclic) bond motifs is 1. The third-order valence-corrected chi connectivity index (χ3v) is 7.84. The fourth-order valence-corrected chi connectivity index (χ4v) is 5.40. The van der Waals surface area contributed by atoms with Crippen LogP contribution < -0.4 is 4.90 Å². The minimum atomic E-state index is -3.57. The molecule has 3 heterocycles. The molecule has 1 fully saturated rings. The second kappa shape index (κ2) is 8.16. The predicted molar refractivity (Wildman–Crippen MR) is 121 cm³/mol. The van der Waals surface area contributed by atoms with Gasteiger partial charge in [-0.3, -0.25) is 0 Å². The normalized spacial score (nSPS) is 15.3. The largest absolute Gasteiger partial charge is 0.352 e. The fourth-order valence-electron chi connectivity index (χ4n) is 3.89. The molecule has 0 atom stereocenters. The number of hydrogen-bond acceptors (Lipinski definition) is 7. The molecular formula is C22H22FN7O2S. The Kier molecular flexibility index (Phi) is 5.29. The van der Waals surface area contributed by atoms with E-state index in [9.17, 15) is 12.8 Å². The van der Waals surface area contributed by atoms with Crippen molar-refractivity contribution in [3.05, 3.63) is 65.7 Å². The summed E-state index contributed by atoms with van der Waals surface area (Å²) in [6.45, 7) is 5.43. The van der Waals surface area contributed by atoms with E-state index < -0.39 is 10.0 Å². The van der Waals surface area contributed by atoms with Crippen LogP contribution in [0.15, 0.2) is 53.7 Å². The lowest BCUT2D eigenvalue weighted by Crippen LogP contribution is -2.49. The first-order valence-corrected chi connectivity index (χ1v) is 11.9. The molecule has 0 amide bonds. The number of hydrogen-bond donors (Lipinski definition) is 0. The maximum atomic E-state index is 13.3. The van der Waals surface area contributed by atoms with Gasteiger partial charge in [-0.05, 0) is 61.4 Å². The van der Waals surface area contributed by atoms with Gasteiger partial charge in [0.15, 0.2) is 17.0 Å². The highest BCUT2D eigenvalue weighted by molar-refractivity contribution is 7.89. The molecule has 0 unspecified atom stereocenters. The summed E-state index contributed by atoms with van der Waals surface area (Å²) in [4.78, 5) is 11.0. The molecule has 4 aromatic rings. The van der Waals surface area contributed by atoms with E-state index in [0.29, 0.717) is 53.7 Å². The lowest BCUT2D eigenvalue weighted by Gasteiger charge is -2.34. The van der Waals surface area contributed by atoms with Gasteiger partial charge in [-0.1, -0.05) is 11.3 Å². The Morgan fingerprint density at radius 1 is 0.909 bits per heavy atom. The van der Waals surface area contributed by atoms with Crippen LogP contribution in [0, 0.1) is 19.7 Å². The molecule has 33 heavy (non-hydrogen) atoms. The fraction of sp³-hybridized carbons (Fsp3) is 0.273. The number of anilines is 1. The summed E-state index contributed by atoms with van der Waals surface area (Å²) in [7, 11) is -3.57. The van der Waals surface area contributed by atoms with Gasteiger partial charge in [0.2, 0.25) is 10.0 Å². The highest BCUT2D eigenvalue weighted by Gasteiger charge is 2.30. The Bertz CT molecular complexity index is 1430. The van der Waals surface area contributed by atoms with Crippen LogP contribution in [-0.2, 0) is 10.0 Å². The molecule has 1 saturated heterocycles. The minimum absolute atomic E-state index is 0.311. The zero-order chi connectivity index (χ0) is 23.2. The summed E-state index contributed by atoms with van der Waals surface area (Å²) in [6, 6.07) is 11.1. The molecule has 1 aliphatic heterocycles. The van der Waals surface area contributed by atoms with E-state index >= 15 is 0 Å². The number of aryl methyl sites for hydroxylation is 2. The third-order valence-electron chi connectivity index (χ3n) is 5.94. The van der Waals surface area contributed by atoms with Crippen molar-refractivity contribution in [2.24, 2.45) is 0 Å². The molecule has 0 radical (unpaired) electrons. The molecule has 0 saturated carbocycles. The van der Waals surface area contributed by atoms with Crippen molar-refractivity contribution in [3.63, 3.8) is 0 Å². The smallest absolute Gasteiger partial charge is 0.243 e. The van der Waals surface area contributed by atoms with Gasteiger partial charge in [-0.15, -0.1) is 5.10 Å². The van der Waals surface area contributed by atoms with Crippen LogP contribution in [0.2, 0.25) is 0 Å². The summed E-state index contributed by atoms with van der Waals surface area (Å²) in [5.41, 5.74) is 3.64. The Labute approximate surface area is 190 Å². The lowest BCUT2D eigenvalue weighted by atomic mass is 10.1. The number of sulfonamides is 1. The van der Waals surface area contributed by atoms with Crippen LogP contribution in [0.4, 0.5) is 10.2 Å². The molecule has 2 aromatic heterocycles. The van der Waals surface area contributed by atoms with E-state index in [1.165, 1.54) is 27.4 Å². The summed E-state index contributed by atoms with van der Waals surface area (Å²) in [5.74, 6) is 0.253. The van der Waals surface area contributed by atoms with Crippen molar-refractivity contribution < 1.29 is 12.8 Å². The zero-order valence-corrected chi connectivity index (χ0v) is 19.0. The Balaban J connectivity index is 1.38. The number of piperazine rings is 1. The van der Waals surface area contributed by atoms with Crippen molar-refractivity contribution in [3.8, 4) is 5.69 Å². The highest BCUT2D eigenvalue weighted by Crippen LogP contribution is 2.26. The lowest BCUT2D eigenvalue weighted by molar-refractivity contribution is 0.384. The number of halogens is 1. The Hall–Kier alpha value is -3.44. The van der Waals surface area contributed by atoms with Gasteiger partial charge in [0.25, 0.3) is 0 Å².